The molecule has 1 nitrogen and oxygen atoms in total. The minimum Gasteiger partial charge on any atom is -0.324 e. The fraction of sp³-hybridized carbons (Fsp3) is 0.538. The first-order chi connectivity index (χ1) is 6.83. The lowest BCUT2D eigenvalue weighted by molar-refractivity contribution is 0.466. The van der Waals surface area contributed by atoms with Crippen LogP contribution in [-0.2, 0) is 0 Å². The van der Waals surface area contributed by atoms with Gasteiger partial charge in [-0.3, -0.25) is 0 Å². The van der Waals surface area contributed by atoms with Crippen molar-refractivity contribution in [3.8, 4) is 0 Å². The average Bonchev–Trinajstić information content (AvgIpc) is 2.23. The molecule has 0 spiro atoms. The molecule has 14 heavy (non-hydrogen) atoms. The summed E-state index contributed by atoms with van der Waals surface area (Å²) in [5.41, 5.74) is 9.00. The predicted molar refractivity (Wildman–Crippen MR) is 60.3 cm³/mol. The first-order valence-electron chi connectivity index (χ1n) is 5.67. The standard InChI is InChI=1S/C13H19N/c1-2-5-10-8-9-13(14)12-7-4-3-6-11(10)12/h3-4,6-7,10,13H,2,5,8-9,14H2,1H3. The van der Waals surface area contributed by atoms with Crippen LogP contribution >= 0.6 is 0 Å². The minimum absolute atomic E-state index is 0.277. The van der Waals surface area contributed by atoms with E-state index in [1.165, 1.54) is 30.4 Å². The molecule has 1 aliphatic rings. The zero-order valence-corrected chi connectivity index (χ0v) is 8.87. The van der Waals surface area contributed by atoms with Gasteiger partial charge in [-0.05, 0) is 36.3 Å². The molecule has 1 heteroatoms. The monoisotopic (exact) mass is 189 g/mol. The van der Waals surface area contributed by atoms with Gasteiger partial charge in [0.25, 0.3) is 0 Å². The second kappa shape index (κ2) is 4.14. The molecule has 76 valence electrons. The third-order valence-corrected chi connectivity index (χ3v) is 3.30. The van der Waals surface area contributed by atoms with E-state index in [0.717, 1.165) is 12.3 Å². The van der Waals surface area contributed by atoms with Gasteiger partial charge in [-0.1, -0.05) is 37.6 Å². The Morgan fingerprint density at radius 3 is 2.64 bits per heavy atom. The lowest BCUT2D eigenvalue weighted by atomic mass is 9.78. The Morgan fingerprint density at radius 1 is 1.21 bits per heavy atom. The quantitative estimate of drug-likeness (QED) is 0.758. The van der Waals surface area contributed by atoms with Crippen LogP contribution in [0, 0.1) is 0 Å². The van der Waals surface area contributed by atoms with Crippen LogP contribution < -0.4 is 5.73 Å². The zero-order chi connectivity index (χ0) is 9.97. The van der Waals surface area contributed by atoms with E-state index in [1.54, 1.807) is 0 Å². The van der Waals surface area contributed by atoms with Gasteiger partial charge in [0.05, 0.1) is 0 Å². The summed E-state index contributed by atoms with van der Waals surface area (Å²) in [6.07, 6.45) is 5.01. The molecule has 0 bridgehead atoms. The van der Waals surface area contributed by atoms with Crippen LogP contribution in [0.3, 0.4) is 0 Å². The summed E-state index contributed by atoms with van der Waals surface area (Å²) >= 11 is 0. The molecule has 0 saturated carbocycles. The smallest absolute Gasteiger partial charge is 0.0297 e. The van der Waals surface area contributed by atoms with Crippen molar-refractivity contribution in [2.45, 2.75) is 44.6 Å². The minimum atomic E-state index is 0.277. The van der Waals surface area contributed by atoms with E-state index >= 15 is 0 Å². The molecule has 0 radical (unpaired) electrons. The summed E-state index contributed by atoms with van der Waals surface area (Å²) < 4.78 is 0. The zero-order valence-electron chi connectivity index (χ0n) is 8.87. The van der Waals surface area contributed by atoms with Gasteiger partial charge in [-0.2, -0.15) is 0 Å². The largest absolute Gasteiger partial charge is 0.324 e. The maximum atomic E-state index is 6.10. The highest BCUT2D eigenvalue weighted by Crippen LogP contribution is 2.38. The summed E-state index contributed by atoms with van der Waals surface area (Å²) in [7, 11) is 0. The summed E-state index contributed by atoms with van der Waals surface area (Å²) in [5, 5.41) is 0. The van der Waals surface area contributed by atoms with Crippen LogP contribution in [0.1, 0.15) is 55.7 Å². The lowest BCUT2D eigenvalue weighted by Crippen LogP contribution is -2.20. The van der Waals surface area contributed by atoms with E-state index in [4.69, 9.17) is 5.73 Å². The fourth-order valence-electron chi connectivity index (χ4n) is 2.56. The molecule has 1 aromatic carbocycles. The van der Waals surface area contributed by atoms with E-state index in [9.17, 15) is 0 Å². The molecule has 0 aliphatic heterocycles. The molecule has 0 fully saturated rings. The number of hydrogen-bond acceptors (Lipinski definition) is 1. The first kappa shape index (κ1) is 9.72. The van der Waals surface area contributed by atoms with Crippen molar-refractivity contribution >= 4 is 0 Å². The maximum absolute atomic E-state index is 6.10. The van der Waals surface area contributed by atoms with Gasteiger partial charge in [0.2, 0.25) is 0 Å². The highest BCUT2D eigenvalue weighted by molar-refractivity contribution is 5.34. The van der Waals surface area contributed by atoms with Gasteiger partial charge in [0, 0.05) is 6.04 Å². The molecule has 0 aromatic heterocycles. The number of fused-ring (bicyclic) bond motifs is 1. The van der Waals surface area contributed by atoms with Crippen molar-refractivity contribution in [1.29, 1.82) is 0 Å². The van der Waals surface area contributed by atoms with Crippen LogP contribution in [0.5, 0.6) is 0 Å². The fourth-order valence-corrected chi connectivity index (χ4v) is 2.56. The topological polar surface area (TPSA) is 26.0 Å². The number of hydrogen-bond donors (Lipinski definition) is 1. The molecular weight excluding hydrogens is 170 g/mol. The van der Waals surface area contributed by atoms with Crippen LogP contribution in [0.15, 0.2) is 24.3 Å². The average molecular weight is 189 g/mol. The van der Waals surface area contributed by atoms with Gasteiger partial charge >= 0.3 is 0 Å². The van der Waals surface area contributed by atoms with Crippen LogP contribution in [-0.4, -0.2) is 0 Å². The molecule has 2 rings (SSSR count). The number of rotatable bonds is 2. The molecule has 1 aliphatic carbocycles. The van der Waals surface area contributed by atoms with Crippen LogP contribution in [0.25, 0.3) is 0 Å². The van der Waals surface area contributed by atoms with Crippen molar-refractivity contribution in [2.75, 3.05) is 0 Å². The van der Waals surface area contributed by atoms with Crippen LogP contribution in [0.2, 0.25) is 0 Å². The molecule has 1 aromatic rings. The summed E-state index contributed by atoms with van der Waals surface area (Å²) in [5.74, 6) is 0.760. The lowest BCUT2D eigenvalue weighted by Gasteiger charge is -2.29. The SMILES string of the molecule is CCCC1CCC(N)c2ccccc21. The predicted octanol–water partition coefficient (Wildman–Crippen LogP) is 3.36. The maximum Gasteiger partial charge on any atom is 0.0297 e. The van der Waals surface area contributed by atoms with Gasteiger partial charge in [0.1, 0.15) is 0 Å². The highest BCUT2D eigenvalue weighted by atomic mass is 14.6. The number of nitrogens with two attached hydrogens (primary N) is 1. The van der Waals surface area contributed by atoms with Gasteiger partial charge in [-0.25, -0.2) is 0 Å². The van der Waals surface area contributed by atoms with E-state index in [-0.39, 0.29) is 6.04 Å². The summed E-state index contributed by atoms with van der Waals surface area (Å²) in [6, 6.07) is 8.97. The van der Waals surface area contributed by atoms with E-state index in [0.29, 0.717) is 0 Å². The number of benzene rings is 1. The molecule has 2 atom stereocenters. The van der Waals surface area contributed by atoms with Crippen molar-refractivity contribution < 1.29 is 0 Å². The van der Waals surface area contributed by atoms with Gasteiger partial charge in [0.15, 0.2) is 0 Å². The second-order valence-corrected chi connectivity index (χ2v) is 4.30. The Balaban J connectivity index is 2.31. The summed E-state index contributed by atoms with van der Waals surface area (Å²) in [4.78, 5) is 0. The van der Waals surface area contributed by atoms with Crippen molar-refractivity contribution in [3.63, 3.8) is 0 Å². The highest BCUT2D eigenvalue weighted by Gasteiger charge is 2.23. The summed E-state index contributed by atoms with van der Waals surface area (Å²) in [6.45, 7) is 2.26. The molecule has 2 N–H and O–H groups in total. The Hall–Kier alpha value is -0.820. The van der Waals surface area contributed by atoms with E-state index < -0.39 is 0 Å². The van der Waals surface area contributed by atoms with Crippen molar-refractivity contribution in [2.24, 2.45) is 5.73 Å². The van der Waals surface area contributed by atoms with Crippen molar-refractivity contribution in [1.82, 2.24) is 0 Å². The normalized spacial score (nSPS) is 25.9. The van der Waals surface area contributed by atoms with E-state index in [2.05, 4.69) is 31.2 Å². The Bertz CT molecular complexity index is 306. The molecule has 0 amide bonds. The van der Waals surface area contributed by atoms with Crippen molar-refractivity contribution in [3.05, 3.63) is 35.4 Å². The van der Waals surface area contributed by atoms with Crippen LogP contribution in [0.4, 0.5) is 0 Å². The molecular formula is C13H19N. The second-order valence-electron chi connectivity index (χ2n) is 4.30. The van der Waals surface area contributed by atoms with Gasteiger partial charge in [-0.15, -0.1) is 0 Å². The Kier molecular flexibility index (Phi) is 2.87. The third-order valence-electron chi connectivity index (χ3n) is 3.30. The molecule has 2 unspecified atom stereocenters. The molecule has 0 saturated heterocycles. The van der Waals surface area contributed by atoms with E-state index in [1.807, 2.05) is 0 Å². The van der Waals surface area contributed by atoms with Gasteiger partial charge < -0.3 is 5.73 Å². The first-order valence-corrected chi connectivity index (χ1v) is 5.67. The third kappa shape index (κ3) is 1.69. The molecule has 0 heterocycles. The Morgan fingerprint density at radius 2 is 1.93 bits per heavy atom. The Labute approximate surface area is 86.3 Å².